The lowest BCUT2D eigenvalue weighted by atomic mass is 10.0. The zero-order valence-electron chi connectivity index (χ0n) is 8.25. The molecule has 0 bridgehead atoms. The van der Waals surface area contributed by atoms with E-state index in [2.05, 4.69) is 36.2 Å². The predicted octanol–water partition coefficient (Wildman–Crippen LogP) is 2.45. The van der Waals surface area contributed by atoms with E-state index in [1.54, 1.807) is 0 Å². The maximum atomic E-state index is 5.61. The lowest BCUT2D eigenvalue weighted by molar-refractivity contribution is 1.07. The molecule has 0 saturated carbocycles. The average molecular weight is 186 g/mol. The van der Waals surface area contributed by atoms with Crippen molar-refractivity contribution in [2.75, 3.05) is 0 Å². The fraction of sp³-hybridized carbons (Fsp3) is 0.167. The van der Waals surface area contributed by atoms with Gasteiger partial charge in [-0.2, -0.15) is 0 Å². The standard InChI is InChI=1S/C12H14N2/c1-9-4-5-10(8-13)7-11(9)12-3-2-6-14-12/h2-7,14H,8,13H2,1H3. The van der Waals surface area contributed by atoms with Gasteiger partial charge in [-0.25, -0.2) is 0 Å². The van der Waals surface area contributed by atoms with Crippen LogP contribution in [0.3, 0.4) is 0 Å². The summed E-state index contributed by atoms with van der Waals surface area (Å²) in [6.07, 6.45) is 1.93. The van der Waals surface area contributed by atoms with Crippen LogP contribution >= 0.6 is 0 Å². The summed E-state index contributed by atoms with van der Waals surface area (Å²) in [5.74, 6) is 0. The van der Waals surface area contributed by atoms with E-state index in [4.69, 9.17) is 5.73 Å². The van der Waals surface area contributed by atoms with Gasteiger partial charge in [0.1, 0.15) is 0 Å². The fourth-order valence-corrected chi connectivity index (χ4v) is 1.58. The van der Waals surface area contributed by atoms with Crippen LogP contribution in [0.5, 0.6) is 0 Å². The van der Waals surface area contributed by atoms with Gasteiger partial charge in [0.2, 0.25) is 0 Å². The molecule has 0 fully saturated rings. The third kappa shape index (κ3) is 1.56. The van der Waals surface area contributed by atoms with Gasteiger partial charge < -0.3 is 10.7 Å². The molecule has 0 unspecified atom stereocenters. The molecule has 0 amide bonds. The normalized spacial score (nSPS) is 10.4. The van der Waals surface area contributed by atoms with Crippen molar-refractivity contribution in [3.63, 3.8) is 0 Å². The Bertz CT molecular complexity index is 416. The number of H-pyrrole nitrogens is 1. The van der Waals surface area contributed by atoms with E-state index < -0.39 is 0 Å². The van der Waals surface area contributed by atoms with Crippen LogP contribution in [0.1, 0.15) is 11.1 Å². The number of nitrogens with one attached hydrogen (secondary N) is 1. The minimum Gasteiger partial charge on any atom is -0.361 e. The van der Waals surface area contributed by atoms with Crippen LogP contribution < -0.4 is 5.73 Å². The third-order valence-corrected chi connectivity index (χ3v) is 2.43. The molecule has 0 aliphatic rings. The Hall–Kier alpha value is -1.54. The first-order chi connectivity index (χ1) is 6.81. The lowest BCUT2D eigenvalue weighted by Crippen LogP contribution is -1.97. The van der Waals surface area contributed by atoms with Crippen molar-refractivity contribution >= 4 is 0 Å². The molecular weight excluding hydrogens is 172 g/mol. The summed E-state index contributed by atoms with van der Waals surface area (Å²) in [5, 5.41) is 0. The first-order valence-electron chi connectivity index (χ1n) is 4.74. The molecule has 3 N–H and O–H groups in total. The van der Waals surface area contributed by atoms with Gasteiger partial charge in [-0.3, -0.25) is 0 Å². The van der Waals surface area contributed by atoms with Crippen LogP contribution in [0.2, 0.25) is 0 Å². The Morgan fingerprint density at radius 3 is 2.79 bits per heavy atom. The number of benzene rings is 1. The Kier molecular flexibility index (Phi) is 2.37. The molecule has 1 aromatic heterocycles. The van der Waals surface area contributed by atoms with Crippen molar-refractivity contribution in [1.29, 1.82) is 0 Å². The summed E-state index contributed by atoms with van der Waals surface area (Å²) in [7, 11) is 0. The summed E-state index contributed by atoms with van der Waals surface area (Å²) in [6, 6.07) is 10.4. The zero-order valence-corrected chi connectivity index (χ0v) is 8.25. The first-order valence-corrected chi connectivity index (χ1v) is 4.74. The summed E-state index contributed by atoms with van der Waals surface area (Å²) >= 11 is 0. The predicted molar refractivity (Wildman–Crippen MR) is 58.9 cm³/mol. The van der Waals surface area contributed by atoms with Gasteiger partial charge in [0.05, 0.1) is 0 Å². The van der Waals surface area contributed by atoms with Crippen LogP contribution in [-0.2, 0) is 6.54 Å². The van der Waals surface area contributed by atoms with E-state index in [0.717, 1.165) is 5.69 Å². The second-order valence-corrected chi connectivity index (χ2v) is 3.44. The van der Waals surface area contributed by atoms with Crippen molar-refractivity contribution in [3.8, 4) is 11.3 Å². The van der Waals surface area contributed by atoms with Gasteiger partial charge in [-0.05, 0) is 36.2 Å². The molecule has 72 valence electrons. The lowest BCUT2D eigenvalue weighted by Gasteiger charge is -2.05. The van der Waals surface area contributed by atoms with Gasteiger partial charge >= 0.3 is 0 Å². The van der Waals surface area contributed by atoms with E-state index >= 15 is 0 Å². The van der Waals surface area contributed by atoms with Gasteiger partial charge in [0.25, 0.3) is 0 Å². The highest BCUT2D eigenvalue weighted by Gasteiger charge is 2.02. The molecule has 0 radical (unpaired) electrons. The quantitative estimate of drug-likeness (QED) is 0.743. The van der Waals surface area contributed by atoms with Crippen LogP contribution in [0.4, 0.5) is 0 Å². The van der Waals surface area contributed by atoms with Crippen molar-refractivity contribution < 1.29 is 0 Å². The minimum atomic E-state index is 0.591. The van der Waals surface area contributed by atoms with Crippen molar-refractivity contribution in [2.24, 2.45) is 5.73 Å². The second-order valence-electron chi connectivity index (χ2n) is 3.44. The second kappa shape index (κ2) is 3.68. The van der Waals surface area contributed by atoms with Gasteiger partial charge in [-0.15, -0.1) is 0 Å². The third-order valence-electron chi connectivity index (χ3n) is 2.43. The molecule has 14 heavy (non-hydrogen) atoms. The minimum absolute atomic E-state index is 0.591. The molecule has 0 aliphatic heterocycles. The molecule has 0 saturated heterocycles. The van der Waals surface area contributed by atoms with Crippen molar-refractivity contribution in [2.45, 2.75) is 13.5 Å². The largest absolute Gasteiger partial charge is 0.361 e. The summed E-state index contributed by atoms with van der Waals surface area (Å²) in [5.41, 5.74) is 10.4. The molecule has 2 heteroatoms. The molecule has 0 atom stereocenters. The topological polar surface area (TPSA) is 41.8 Å². The van der Waals surface area contributed by atoms with Gasteiger partial charge in [0.15, 0.2) is 0 Å². The Labute approximate surface area is 83.8 Å². The Morgan fingerprint density at radius 2 is 2.14 bits per heavy atom. The number of hydrogen-bond donors (Lipinski definition) is 2. The van der Waals surface area contributed by atoms with E-state index in [1.807, 2.05) is 12.3 Å². The summed E-state index contributed by atoms with van der Waals surface area (Å²) < 4.78 is 0. The Balaban J connectivity index is 2.51. The number of aromatic nitrogens is 1. The number of rotatable bonds is 2. The molecular formula is C12H14N2. The van der Waals surface area contributed by atoms with Crippen LogP contribution in [0, 0.1) is 6.92 Å². The number of aromatic amines is 1. The van der Waals surface area contributed by atoms with Gasteiger partial charge in [0, 0.05) is 24.0 Å². The summed E-state index contributed by atoms with van der Waals surface area (Å²) in [4.78, 5) is 3.20. The molecule has 1 heterocycles. The maximum Gasteiger partial charge on any atom is 0.0456 e. The monoisotopic (exact) mass is 186 g/mol. The number of aryl methyl sites for hydroxylation is 1. The molecule has 1 aromatic carbocycles. The Morgan fingerprint density at radius 1 is 1.29 bits per heavy atom. The average Bonchev–Trinajstić information content (AvgIpc) is 2.71. The highest BCUT2D eigenvalue weighted by Crippen LogP contribution is 2.22. The molecule has 0 spiro atoms. The van der Waals surface area contributed by atoms with E-state index in [0.29, 0.717) is 6.54 Å². The highest BCUT2D eigenvalue weighted by atomic mass is 14.7. The maximum absolute atomic E-state index is 5.61. The zero-order chi connectivity index (χ0) is 9.97. The van der Waals surface area contributed by atoms with E-state index in [9.17, 15) is 0 Å². The molecule has 2 rings (SSSR count). The van der Waals surface area contributed by atoms with Crippen LogP contribution in [0.25, 0.3) is 11.3 Å². The smallest absolute Gasteiger partial charge is 0.0456 e. The highest BCUT2D eigenvalue weighted by molar-refractivity contribution is 5.64. The van der Waals surface area contributed by atoms with E-state index in [-0.39, 0.29) is 0 Å². The van der Waals surface area contributed by atoms with Crippen LogP contribution in [-0.4, -0.2) is 4.98 Å². The summed E-state index contributed by atoms with van der Waals surface area (Å²) in [6.45, 7) is 2.70. The molecule has 0 aliphatic carbocycles. The number of hydrogen-bond acceptors (Lipinski definition) is 1. The fourth-order valence-electron chi connectivity index (χ4n) is 1.58. The van der Waals surface area contributed by atoms with Gasteiger partial charge in [-0.1, -0.05) is 12.1 Å². The van der Waals surface area contributed by atoms with Crippen LogP contribution in [0.15, 0.2) is 36.5 Å². The van der Waals surface area contributed by atoms with Crippen molar-refractivity contribution in [3.05, 3.63) is 47.7 Å². The first kappa shape index (κ1) is 9.03. The number of nitrogens with two attached hydrogens (primary N) is 1. The van der Waals surface area contributed by atoms with E-state index in [1.165, 1.54) is 16.7 Å². The molecule has 2 nitrogen and oxygen atoms in total. The molecule has 2 aromatic rings. The van der Waals surface area contributed by atoms with Crippen molar-refractivity contribution in [1.82, 2.24) is 4.98 Å². The SMILES string of the molecule is Cc1ccc(CN)cc1-c1ccc[nH]1.